The molecule has 1 atom stereocenters. The van der Waals surface area contributed by atoms with E-state index in [1.807, 2.05) is 11.3 Å². The van der Waals surface area contributed by atoms with E-state index in [9.17, 15) is 0 Å². The zero-order valence-corrected chi connectivity index (χ0v) is 14.1. The monoisotopic (exact) mass is 322 g/mol. The van der Waals surface area contributed by atoms with E-state index in [2.05, 4.69) is 59.5 Å². The van der Waals surface area contributed by atoms with Crippen molar-refractivity contribution >= 4 is 21.6 Å². The topological polar surface area (TPSA) is 16.1 Å². The summed E-state index contributed by atoms with van der Waals surface area (Å²) in [6.45, 7) is 3.60. The van der Waals surface area contributed by atoms with Crippen molar-refractivity contribution in [2.75, 3.05) is 19.6 Å². The average molecular weight is 322 g/mol. The fourth-order valence-corrected chi connectivity index (χ4v) is 4.55. The van der Waals surface area contributed by atoms with E-state index in [4.69, 9.17) is 4.98 Å². The summed E-state index contributed by atoms with van der Waals surface area (Å²) in [5.74, 6) is 0.629. The van der Waals surface area contributed by atoms with Crippen LogP contribution in [0.3, 0.4) is 0 Å². The molecule has 1 saturated heterocycles. The van der Waals surface area contributed by atoms with Gasteiger partial charge in [0.05, 0.1) is 15.2 Å². The number of aryl methyl sites for hydroxylation is 1. The smallest absolute Gasteiger partial charge is 0.0982 e. The van der Waals surface area contributed by atoms with Gasteiger partial charge in [0.25, 0.3) is 0 Å². The lowest BCUT2D eigenvalue weighted by atomic mass is 10.1. The Kier molecular flexibility index (Phi) is 4.40. The van der Waals surface area contributed by atoms with E-state index in [1.54, 1.807) is 0 Å². The minimum Gasteiger partial charge on any atom is -0.303 e. The molecule has 0 N–H and O–H groups in total. The van der Waals surface area contributed by atoms with Gasteiger partial charge in [0.2, 0.25) is 0 Å². The van der Waals surface area contributed by atoms with Gasteiger partial charge >= 0.3 is 0 Å². The Balaban J connectivity index is 1.32. The Hall–Kier alpha value is -1.71. The van der Waals surface area contributed by atoms with Gasteiger partial charge < -0.3 is 4.90 Å². The van der Waals surface area contributed by atoms with Crippen molar-refractivity contribution in [3.8, 4) is 0 Å². The molecule has 0 radical (unpaired) electrons. The van der Waals surface area contributed by atoms with Crippen molar-refractivity contribution in [2.24, 2.45) is 0 Å². The molecule has 0 aliphatic carbocycles. The molecule has 3 heteroatoms. The predicted molar refractivity (Wildman–Crippen MR) is 98.2 cm³/mol. The Morgan fingerprint density at radius 2 is 1.87 bits per heavy atom. The maximum atomic E-state index is 4.85. The third-order valence-corrected chi connectivity index (χ3v) is 5.91. The van der Waals surface area contributed by atoms with Crippen LogP contribution in [0.1, 0.15) is 29.3 Å². The summed E-state index contributed by atoms with van der Waals surface area (Å²) in [6, 6.07) is 19.3. The molecule has 2 aromatic carbocycles. The van der Waals surface area contributed by atoms with Gasteiger partial charge in [-0.2, -0.15) is 0 Å². The minimum atomic E-state index is 0.629. The van der Waals surface area contributed by atoms with Crippen molar-refractivity contribution in [1.82, 2.24) is 9.88 Å². The van der Waals surface area contributed by atoms with Gasteiger partial charge in [-0.15, -0.1) is 11.3 Å². The first-order valence-electron chi connectivity index (χ1n) is 8.50. The molecule has 1 unspecified atom stereocenters. The summed E-state index contributed by atoms with van der Waals surface area (Å²) in [5, 5.41) is 1.33. The lowest BCUT2D eigenvalue weighted by Gasteiger charge is -2.15. The first kappa shape index (κ1) is 14.9. The number of fused-ring (bicyclic) bond motifs is 1. The lowest BCUT2D eigenvalue weighted by Crippen LogP contribution is -2.22. The molecule has 0 bridgehead atoms. The third-order valence-electron chi connectivity index (χ3n) is 4.71. The fourth-order valence-electron chi connectivity index (χ4n) is 3.45. The van der Waals surface area contributed by atoms with E-state index in [-0.39, 0.29) is 0 Å². The molecular formula is C20H22N2S. The standard InChI is InChI=1S/C20H22N2S/c1-2-7-16(8-3-1)9-6-13-22-14-12-17(15-22)20-21-18-10-4-5-11-19(18)23-20/h1-5,7-8,10-11,17H,6,9,12-15H2. The van der Waals surface area contributed by atoms with E-state index < -0.39 is 0 Å². The first-order valence-corrected chi connectivity index (χ1v) is 9.32. The molecule has 2 heterocycles. The van der Waals surface area contributed by atoms with Crippen LogP contribution in [0.2, 0.25) is 0 Å². The molecule has 2 nitrogen and oxygen atoms in total. The number of benzene rings is 2. The molecule has 0 saturated carbocycles. The molecule has 23 heavy (non-hydrogen) atoms. The van der Waals surface area contributed by atoms with E-state index >= 15 is 0 Å². The highest BCUT2D eigenvalue weighted by atomic mass is 32.1. The van der Waals surface area contributed by atoms with Crippen LogP contribution < -0.4 is 0 Å². The molecule has 0 spiro atoms. The number of hydrogen-bond acceptors (Lipinski definition) is 3. The number of rotatable bonds is 5. The van der Waals surface area contributed by atoms with Gasteiger partial charge in [-0.25, -0.2) is 4.98 Å². The second-order valence-electron chi connectivity index (χ2n) is 6.40. The van der Waals surface area contributed by atoms with Crippen molar-refractivity contribution in [3.05, 3.63) is 65.2 Å². The molecule has 0 amide bonds. The van der Waals surface area contributed by atoms with E-state index in [0.717, 1.165) is 5.52 Å². The molecular weight excluding hydrogens is 300 g/mol. The van der Waals surface area contributed by atoms with Crippen molar-refractivity contribution in [3.63, 3.8) is 0 Å². The van der Waals surface area contributed by atoms with Gasteiger partial charge in [-0.3, -0.25) is 0 Å². The zero-order valence-electron chi connectivity index (χ0n) is 13.3. The molecule has 1 aromatic heterocycles. The van der Waals surface area contributed by atoms with Crippen LogP contribution in [0, 0.1) is 0 Å². The largest absolute Gasteiger partial charge is 0.303 e. The van der Waals surface area contributed by atoms with Crippen LogP contribution in [0.25, 0.3) is 10.2 Å². The van der Waals surface area contributed by atoms with Crippen LogP contribution in [0.4, 0.5) is 0 Å². The molecule has 1 fully saturated rings. The normalized spacial score (nSPS) is 18.7. The molecule has 3 aromatic rings. The summed E-state index contributed by atoms with van der Waals surface area (Å²) >= 11 is 1.88. The van der Waals surface area contributed by atoms with E-state index in [1.165, 1.54) is 54.2 Å². The minimum absolute atomic E-state index is 0.629. The second-order valence-corrected chi connectivity index (χ2v) is 7.46. The third kappa shape index (κ3) is 3.46. The van der Waals surface area contributed by atoms with Gasteiger partial charge in [0.15, 0.2) is 0 Å². The zero-order chi connectivity index (χ0) is 15.5. The number of aromatic nitrogens is 1. The fraction of sp³-hybridized carbons (Fsp3) is 0.350. The molecule has 118 valence electrons. The van der Waals surface area contributed by atoms with Gasteiger partial charge in [-0.05, 0) is 50.0 Å². The number of para-hydroxylation sites is 1. The average Bonchev–Trinajstić information content (AvgIpc) is 3.22. The van der Waals surface area contributed by atoms with Crippen LogP contribution in [0.15, 0.2) is 54.6 Å². The van der Waals surface area contributed by atoms with Crippen molar-refractivity contribution in [1.29, 1.82) is 0 Å². The Morgan fingerprint density at radius 1 is 1.04 bits per heavy atom. The predicted octanol–water partition coefficient (Wildman–Crippen LogP) is 4.72. The SMILES string of the molecule is c1ccc(CCCN2CCC(c3nc4ccccc4s3)C2)cc1. The molecule has 1 aliphatic rings. The number of nitrogens with zero attached hydrogens (tertiary/aromatic N) is 2. The van der Waals surface area contributed by atoms with Gasteiger partial charge in [-0.1, -0.05) is 42.5 Å². The summed E-state index contributed by atoms with van der Waals surface area (Å²) in [7, 11) is 0. The molecule has 4 rings (SSSR count). The van der Waals surface area contributed by atoms with E-state index in [0.29, 0.717) is 5.92 Å². The van der Waals surface area contributed by atoms with Crippen LogP contribution in [-0.4, -0.2) is 29.5 Å². The Labute approximate surface area is 141 Å². The van der Waals surface area contributed by atoms with Crippen LogP contribution in [-0.2, 0) is 6.42 Å². The number of thiazole rings is 1. The summed E-state index contributed by atoms with van der Waals surface area (Å²) in [6.07, 6.45) is 3.69. The first-order chi connectivity index (χ1) is 11.4. The highest BCUT2D eigenvalue weighted by Crippen LogP contribution is 2.33. The second kappa shape index (κ2) is 6.81. The quantitative estimate of drug-likeness (QED) is 0.676. The van der Waals surface area contributed by atoms with Gasteiger partial charge in [0, 0.05) is 12.5 Å². The summed E-state index contributed by atoms with van der Waals surface area (Å²) < 4.78 is 1.32. The highest BCUT2D eigenvalue weighted by molar-refractivity contribution is 7.18. The van der Waals surface area contributed by atoms with Crippen LogP contribution in [0.5, 0.6) is 0 Å². The highest BCUT2D eigenvalue weighted by Gasteiger charge is 2.25. The Bertz CT molecular complexity index is 732. The summed E-state index contributed by atoms with van der Waals surface area (Å²) in [4.78, 5) is 7.46. The van der Waals surface area contributed by atoms with Gasteiger partial charge in [0.1, 0.15) is 0 Å². The maximum absolute atomic E-state index is 4.85. The number of hydrogen-bond donors (Lipinski definition) is 0. The van der Waals surface area contributed by atoms with Crippen molar-refractivity contribution < 1.29 is 0 Å². The van der Waals surface area contributed by atoms with Crippen molar-refractivity contribution in [2.45, 2.75) is 25.2 Å². The maximum Gasteiger partial charge on any atom is 0.0982 e. The summed E-state index contributed by atoms with van der Waals surface area (Å²) in [5.41, 5.74) is 2.62. The Morgan fingerprint density at radius 3 is 2.74 bits per heavy atom. The van der Waals surface area contributed by atoms with Crippen LogP contribution >= 0.6 is 11.3 Å². The lowest BCUT2D eigenvalue weighted by molar-refractivity contribution is 0.329. The molecule has 1 aliphatic heterocycles. The number of likely N-dealkylation sites (tertiary alicyclic amines) is 1.